The van der Waals surface area contributed by atoms with E-state index in [0.717, 1.165) is 33.5 Å². The molecule has 0 amide bonds. The largest absolute Gasteiger partial charge is 0.309 e. The molecule has 58 heavy (non-hydrogen) atoms. The number of nitrogens with zero attached hydrogens (tertiary/aromatic N) is 4. The van der Waals surface area contributed by atoms with Crippen molar-refractivity contribution in [1.29, 1.82) is 0 Å². The molecule has 4 nitrogen and oxygen atoms in total. The van der Waals surface area contributed by atoms with E-state index in [1.807, 2.05) is 18.2 Å². The maximum Gasteiger partial charge on any atom is 0.164 e. The van der Waals surface area contributed by atoms with Crippen molar-refractivity contribution in [3.05, 3.63) is 194 Å². The maximum absolute atomic E-state index is 5.07. The lowest BCUT2D eigenvalue weighted by Gasteiger charge is -2.11. The summed E-state index contributed by atoms with van der Waals surface area (Å²) in [7, 11) is 0. The molecule has 5 heteroatoms. The van der Waals surface area contributed by atoms with Crippen molar-refractivity contribution < 1.29 is 0 Å². The van der Waals surface area contributed by atoms with Crippen molar-refractivity contribution in [2.24, 2.45) is 0 Å². The lowest BCUT2D eigenvalue weighted by molar-refractivity contribution is 1.07. The van der Waals surface area contributed by atoms with E-state index < -0.39 is 0 Å². The summed E-state index contributed by atoms with van der Waals surface area (Å²) in [5.74, 6) is 1.96. The van der Waals surface area contributed by atoms with Crippen molar-refractivity contribution in [1.82, 2.24) is 19.5 Å². The van der Waals surface area contributed by atoms with Gasteiger partial charge >= 0.3 is 0 Å². The van der Waals surface area contributed by atoms with Crippen LogP contribution in [-0.4, -0.2) is 19.5 Å². The Kier molecular flexibility index (Phi) is 7.37. The summed E-state index contributed by atoms with van der Waals surface area (Å²) in [6, 6.07) is 69.2. The molecule has 12 aromatic rings. The Bertz CT molecular complexity index is 3450. The molecule has 0 unspecified atom stereocenters. The number of aromatic nitrogens is 4. The number of benzene rings is 9. The van der Waals surface area contributed by atoms with Gasteiger partial charge in [0.2, 0.25) is 0 Å². The molecule has 0 fully saturated rings. The summed E-state index contributed by atoms with van der Waals surface area (Å²) in [6.45, 7) is 0. The molecule has 0 aliphatic heterocycles. The molecule has 3 heterocycles. The normalized spacial score (nSPS) is 11.8. The first-order chi connectivity index (χ1) is 28.7. The van der Waals surface area contributed by atoms with Crippen LogP contribution in [-0.2, 0) is 0 Å². The minimum Gasteiger partial charge on any atom is -0.309 e. The fourth-order valence-electron chi connectivity index (χ4n) is 8.66. The zero-order valence-corrected chi connectivity index (χ0v) is 32.0. The van der Waals surface area contributed by atoms with Crippen molar-refractivity contribution in [2.45, 2.75) is 0 Å². The average Bonchev–Trinajstić information content (AvgIpc) is 3.85. The monoisotopic (exact) mass is 756 g/mol. The van der Waals surface area contributed by atoms with Crippen LogP contribution in [0.5, 0.6) is 0 Å². The van der Waals surface area contributed by atoms with Gasteiger partial charge in [0, 0.05) is 53.3 Å². The van der Waals surface area contributed by atoms with Gasteiger partial charge in [0.05, 0.1) is 11.0 Å². The van der Waals surface area contributed by atoms with Crippen LogP contribution in [0.25, 0.3) is 115 Å². The second kappa shape index (κ2) is 13.1. The zero-order chi connectivity index (χ0) is 38.2. The number of hydrogen-bond donors (Lipinski definition) is 0. The average molecular weight is 757 g/mol. The smallest absolute Gasteiger partial charge is 0.164 e. The van der Waals surface area contributed by atoms with Crippen LogP contribution in [0.4, 0.5) is 0 Å². The second-order valence-corrected chi connectivity index (χ2v) is 15.9. The summed E-state index contributed by atoms with van der Waals surface area (Å²) in [6.07, 6.45) is 0. The van der Waals surface area contributed by atoms with E-state index >= 15 is 0 Å². The molecule has 0 N–H and O–H groups in total. The highest BCUT2D eigenvalue weighted by atomic mass is 32.1. The Morgan fingerprint density at radius 2 is 0.793 bits per heavy atom. The van der Waals surface area contributed by atoms with Gasteiger partial charge in [-0.2, -0.15) is 0 Å². The van der Waals surface area contributed by atoms with E-state index in [1.165, 1.54) is 63.5 Å². The SMILES string of the molecule is c1ccc(-c2nc(-c3ccc(-c4ccc(-n5c6ccc7ccccc7c6c6c7ccccc7ccc65)cc4)cc3)nc(-c3ccc4c(c3)sc3ccccc34)n2)cc1. The van der Waals surface area contributed by atoms with Gasteiger partial charge in [-0.3, -0.25) is 0 Å². The molecule has 0 atom stereocenters. The fourth-order valence-corrected chi connectivity index (χ4v) is 9.80. The van der Waals surface area contributed by atoms with Crippen molar-refractivity contribution >= 4 is 74.9 Å². The van der Waals surface area contributed by atoms with Gasteiger partial charge in [0.1, 0.15) is 0 Å². The number of hydrogen-bond acceptors (Lipinski definition) is 4. The fraction of sp³-hybridized carbons (Fsp3) is 0. The van der Waals surface area contributed by atoms with E-state index in [2.05, 4.69) is 180 Å². The molecule has 0 bridgehead atoms. The van der Waals surface area contributed by atoms with Crippen molar-refractivity contribution in [3.63, 3.8) is 0 Å². The lowest BCUT2D eigenvalue weighted by atomic mass is 10.00. The third-order valence-corrected chi connectivity index (χ3v) is 12.6. The van der Waals surface area contributed by atoms with Gasteiger partial charge in [0.25, 0.3) is 0 Å². The van der Waals surface area contributed by atoms with Crippen molar-refractivity contribution in [2.75, 3.05) is 0 Å². The highest BCUT2D eigenvalue weighted by Gasteiger charge is 2.18. The molecular weight excluding hydrogens is 725 g/mol. The molecule has 0 saturated heterocycles. The van der Waals surface area contributed by atoms with E-state index in [-0.39, 0.29) is 0 Å². The molecule has 0 aliphatic carbocycles. The molecule has 270 valence electrons. The first kappa shape index (κ1) is 32.7. The molecule has 12 rings (SSSR count). The van der Waals surface area contributed by atoms with Crippen LogP contribution in [0.1, 0.15) is 0 Å². The Hall–Kier alpha value is -7.47. The molecular formula is C53H32N4S. The summed E-state index contributed by atoms with van der Waals surface area (Å²) in [5, 5.41) is 10.2. The van der Waals surface area contributed by atoms with Crippen LogP contribution >= 0.6 is 11.3 Å². The van der Waals surface area contributed by atoms with Gasteiger partial charge in [0.15, 0.2) is 17.5 Å². The molecule has 0 saturated carbocycles. The Balaban J connectivity index is 0.926. The van der Waals surface area contributed by atoms with E-state index in [0.29, 0.717) is 17.5 Å². The van der Waals surface area contributed by atoms with Crippen molar-refractivity contribution in [3.8, 4) is 51.0 Å². The predicted molar refractivity (Wildman–Crippen MR) is 244 cm³/mol. The third kappa shape index (κ3) is 5.25. The minimum absolute atomic E-state index is 0.647. The molecule has 0 spiro atoms. The third-order valence-electron chi connectivity index (χ3n) is 11.5. The molecule has 0 radical (unpaired) electrons. The minimum atomic E-state index is 0.647. The highest BCUT2D eigenvalue weighted by molar-refractivity contribution is 7.25. The van der Waals surface area contributed by atoms with Gasteiger partial charge in [-0.25, -0.2) is 15.0 Å². The molecule has 9 aromatic carbocycles. The summed E-state index contributed by atoms with van der Waals surface area (Å²) in [5.41, 5.74) is 8.68. The van der Waals surface area contributed by atoms with E-state index in [4.69, 9.17) is 15.0 Å². The van der Waals surface area contributed by atoms with Crippen LogP contribution < -0.4 is 0 Å². The first-order valence-corrected chi connectivity index (χ1v) is 20.3. The topological polar surface area (TPSA) is 43.6 Å². The predicted octanol–water partition coefficient (Wildman–Crippen LogP) is 14.3. The summed E-state index contributed by atoms with van der Waals surface area (Å²) < 4.78 is 4.91. The van der Waals surface area contributed by atoms with Gasteiger partial charge < -0.3 is 4.57 Å². The van der Waals surface area contributed by atoms with Crippen LogP contribution in [0.15, 0.2) is 194 Å². The van der Waals surface area contributed by atoms with Gasteiger partial charge in [-0.15, -0.1) is 11.3 Å². The second-order valence-electron chi connectivity index (χ2n) is 14.8. The summed E-state index contributed by atoms with van der Waals surface area (Å²) >= 11 is 1.80. The Morgan fingerprint density at radius 3 is 1.43 bits per heavy atom. The summed E-state index contributed by atoms with van der Waals surface area (Å²) in [4.78, 5) is 15.1. The number of thiophene rings is 1. The van der Waals surface area contributed by atoms with E-state index in [9.17, 15) is 0 Å². The molecule has 0 aliphatic rings. The van der Waals surface area contributed by atoms with Crippen LogP contribution in [0, 0.1) is 0 Å². The van der Waals surface area contributed by atoms with Crippen LogP contribution in [0.3, 0.4) is 0 Å². The zero-order valence-electron chi connectivity index (χ0n) is 31.2. The quantitative estimate of drug-likeness (QED) is 0.176. The van der Waals surface area contributed by atoms with Crippen LogP contribution in [0.2, 0.25) is 0 Å². The standard InChI is InChI=1S/C53H32N4S/c1-2-12-37(13-3-1)51-54-52(56-53(55-51)39-24-29-44-43-16-8-9-17-47(43)58-48(44)32-39)38-20-18-33(19-21-38)34-22-27-40(28-23-34)57-45-30-25-35-10-4-6-14-41(35)49(45)50-42-15-7-5-11-36(42)26-31-46(50)57/h1-32H. The number of fused-ring (bicyclic) bond motifs is 10. The highest BCUT2D eigenvalue weighted by Crippen LogP contribution is 2.41. The van der Waals surface area contributed by atoms with Gasteiger partial charge in [-0.1, -0.05) is 158 Å². The maximum atomic E-state index is 5.07. The molecule has 3 aromatic heterocycles. The number of rotatable bonds is 5. The van der Waals surface area contributed by atoms with E-state index in [1.54, 1.807) is 11.3 Å². The Labute approximate surface area is 338 Å². The lowest BCUT2D eigenvalue weighted by Crippen LogP contribution is -2.00. The first-order valence-electron chi connectivity index (χ1n) is 19.5. The van der Waals surface area contributed by atoms with Gasteiger partial charge in [-0.05, 0) is 69.1 Å². The Morgan fingerprint density at radius 1 is 0.328 bits per heavy atom.